The zero-order chi connectivity index (χ0) is 21.4. The maximum absolute atomic E-state index is 8.82. The van der Waals surface area contributed by atoms with E-state index in [9.17, 15) is 0 Å². The molecule has 0 unspecified atom stereocenters. The first kappa shape index (κ1) is 19.3. The summed E-state index contributed by atoms with van der Waals surface area (Å²) < 4.78 is 13.7. The molecule has 0 radical (unpaired) electrons. The third-order valence-corrected chi connectivity index (χ3v) is 5.87. The number of hydrogen-bond donors (Lipinski definition) is 1. The molecule has 158 valence electrons. The van der Waals surface area contributed by atoms with Gasteiger partial charge in [-0.2, -0.15) is 5.26 Å². The molecule has 1 saturated heterocycles. The van der Waals surface area contributed by atoms with Crippen molar-refractivity contribution in [1.82, 2.24) is 24.4 Å². The molecule has 1 N–H and O–H groups in total. The molecule has 0 amide bonds. The number of benzene rings is 1. The Morgan fingerprint density at radius 1 is 1.16 bits per heavy atom. The van der Waals surface area contributed by atoms with E-state index in [0.29, 0.717) is 22.8 Å². The van der Waals surface area contributed by atoms with Gasteiger partial charge in [-0.3, -0.25) is 0 Å². The van der Waals surface area contributed by atoms with E-state index >= 15 is 0 Å². The Labute approximate surface area is 180 Å². The second kappa shape index (κ2) is 7.56. The number of ether oxygens (including phenoxy) is 2. The van der Waals surface area contributed by atoms with Gasteiger partial charge in [-0.25, -0.2) is 15.0 Å². The van der Waals surface area contributed by atoms with Gasteiger partial charge in [0, 0.05) is 24.6 Å². The van der Waals surface area contributed by atoms with Crippen LogP contribution in [0.5, 0.6) is 11.5 Å². The van der Waals surface area contributed by atoms with E-state index in [2.05, 4.69) is 32.2 Å². The van der Waals surface area contributed by atoms with Crippen molar-refractivity contribution >= 4 is 11.6 Å². The van der Waals surface area contributed by atoms with E-state index in [1.54, 1.807) is 13.4 Å². The summed E-state index contributed by atoms with van der Waals surface area (Å²) in [5, 5.41) is 11.9. The van der Waals surface area contributed by atoms with Crippen LogP contribution >= 0.6 is 0 Å². The van der Waals surface area contributed by atoms with E-state index in [-0.39, 0.29) is 11.8 Å². The highest BCUT2D eigenvalue weighted by Crippen LogP contribution is 2.49. The van der Waals surface area contributed by atoms with E-state index < -0.39 is 0 Å². The van der Waals surface area contributed by atoms with Crippen molar-refractivity contribution in [2.45, 2.75) is 18.9 Å². The number of aromatic nitrogens is 4. The molecule has 1 aliphatic heterocycles. The van der Waals surface area contributed by atoms with Gasteiger partial charge in [0.05, 0.1) is 37.5 Å². The molecule has 3 aromatic rings. The number of rotatable bonds is 6. The summed E-state index contributed by atoms with van der Waals surface area (Å²) in [5.41, 5.74) is 1.61. The molecule has 2 aromatic heterocycles. The van der Waals surface area contributed by atoms with Crippen LogP contribution in [0.1, 0.15) is 18.5 Å². The van der Waals surface area contributed by atoms with Crippen molar-refractivity contribution in [3.05, 3.63) is 48.8 Å². The average Bonchev–Trinajstić information content (AvgIpc) is 3.19. The third-order valence-electron chi connectivity index (χ3n) is 5.87. The minimum absolute atomic E-state index is 0.264. The van der Waals surface area contributed by atoms with Gasteiger partial charge < -0.3 is 24.3 Å². The van der Waals surface area contributed by atoms with Gasteiger partial charge in [0.2, 0.25) is 0 Å². The van der Waals surface area contributed by atoms with Crippen LogP contribution in [0.3, 0.4) is 0 Å². The van der Waals surface area contributed by atoms with Crippen molar-refractivity contribution in [2.24, 2.45) is 5.41 Å². The highest BCUT2D eigenvalue weighted by molar-refractivity contribution is 5.55. The second-order valence-electron chi connectivity index (χ2n) is 8.34. The van der Waals surface area contributed by atoms with Gasteiger partial charge in [0.15, 0.2) is 5.69 Å². The van der Waals surface area contributed by atoms with Gasteiger partial charge in [-0.1, -0.05) is 0 Å². The topological polar surface area (TPSA) is 101 Å². The van der Waals surface area contributed by atoms with Crippen LogP contribution in [0.2, 0.25) is 0 Å². The largest absolute Gasteiger partial charge is 0.494 e. The summed E-state index contributed by atoms with van der Waals surface area (Å²) in [6.45, 7) is 2.36. The second-order valence-corrected chi connectivity index (χ2v) is 8.34. The third kappa shape index (κ3) is 3.78. The van der Waals surface area contributed by atoms with Crippen LogP contribution in [-0.4, -0.2) is 57.8 Å². The number of hydrogen-bond acceptors (Lipinski definition) is 8. The fourth-order valence-electron chi connectivity index (χ4n) is 4.58. The number of nitrogens with one attached hydrogen (secondary N) is 1. The maximum Gasteiger partial charge on any atom is 0.158 e. The molecule has 2 fully saturated rings. The zero-order valence-electron chi connectivity index (χ0n) is 17.4. The normalized spacial score (nSPS) is 17.5. The number of nitriles is 1. The quantitative estimate of drug-likeness (QED) is 0.653. The predicted molar refractivity (Wildman–Crippen MR) is 114 cm³/mol. The summed E-state index contributed by atoms with van der Waals surface area (Å²) in [6.07, 6.45) is 8.96. The van der Waals surface area contributed by atoms with Gasteiger partial charge in [0.1, 0.15) is 35.5 Å². The van der Waals surface area contributed by atoms with Crippen LogP contribution < -0.4 is 14.8 Å². The Kier molecular flexibility index (Phi) is 4.71. The number of likely N-dealkylation sites (tertiary alicyclic amines) is 1. The van der Waals surface area contributed by atoms with Crippen LogP contribution in [0.4, 0.5) is 11.6 Å². The van der Waals surface area contributed by atoms with E-state index in [1.807, 2.05) is 35.0 Å². The summed E-state index contributed by atoms with van der Waals surface area (Å²) >= 11 is 0. The fraction of sp³-hybridized carbons (Fsp3) is 0.364. The van der Waals surface area contributed by atoms with Crippen LogP contribution in [0.15, 0.2) is 43.1 Å². The zero-order valence-corrected chi connectivity index (χ0v) is 17.4. The molecule has 5 rings (SSSR count). The summed E-state index contributed by atoms with van der Waals surface area (Å²) in [7, 11) is 3.81. The number of methoxy groups -OCH3 is 1. The number of nitrogens with zero attached hydrogens (tertiary/aromatic N) is 6. The van der Waals surface area contributed by atoms with Crippen LogP contribution in [0, 0.1) is 16.7 Å². The Morgan fingerprint density at radius 3 is 2.68 bits per heavy atom. The predicted octanol–water partition coefficient (Wildman–Crippen LogP) is 2.76. The molecule has 1 saturated carbocycles. The van der Waals surface area contributed by atoms with Crippen LogP contribution in [-0.2, 0) is 0 Å². The number of imidazole rings is 1. The minimum Gasteiger partial charge on any atom is -0.494 e. The van der Waals surface area contributed by atoms with Crippen LogP contribution in [0.25, 0.3) is 5.69 Å². The molecule has 1 aromatic carbocycles. The lowest BCUT2D eigenvalue weighted by Gasteiger charge is -2.57. The van der Waals surface area contributed by atoms with Crippen molar-refractivity contribution in [3.8, 4) is 23.3 Å². The average molecular weight is 417 g/mol. The minimum atomic E-state index is 0.264. The smallest absolute Gasteiger partial charge is 0.158 e. The molecular weight excluding hydrogens is 394 g/mol. The Hall–Kier alpha value is -3.64. The Bertz CT molecular complexity index is 1120. The molecule has 9 heteroatoms. The monoisotopic (exact) mass is 417 g/mol. The van der Waals surface area contributed by atoms with Gasteiger partial charge in [-0.05, 0) is 32.0 Å². The fourth-order valence-corrected chi connectivity index (χ4v) is 4.58. The SMILES string of the molecule is COc1cc(OC2CC3(C2)CN(C)C3)ccc1-n1cnc(Nc2cnc(C#N)cn2)c1. The van der Waals surface area contributed by atoms with Crippen molar-refractivity contribution in [2.75, 3.05) is 32.6 Å². The lowest BCUT2D eigenvalue weighted by atomic mass is 9.62. The van der Waals surface area contributed by atoms with Crippen molar-refractivity contribution in [3.63, 3.8) is 0 Å². The molecule has 3 heterocycles. The number of anilines is 2. The molecule has 1 aliphatic carbocycles. The van der Waals surface area contributed by atoms with Gasteiger partial charge in [-0.15, -0.1) is 0 Å². The molecule has 9 nitrogen and oxygen atoms in total. The summed E-state index contributed by atoms with van der Waals surface area (Å²) in [4.78, 5) is 14.9. The molecule has 0 bridgehead atoms. The van der Waals surface area contributed by atoms with E-state index in [4.69, 9.17) is 14.7 Å². The maximum atomic E-state index is 8.82. The first-order valence-corrected chi connectivity index (χ1v) is 10.1. The van der Waals surface area contributed by atoms with E-state index in [0.717, 1.165) is 24.3 Å². The van der Waals surface area contributed by atoms with Gasteiger partial charge >= 0.3 is 0 Å². The molecule has 31 heavy (non-hydrogen) atoms. The highest BCUT2D eigenvalue weighted by Gasteiger charge is 2.52. The molecule has 0 atom stereocenters. The Morgan fingerprint density at radius 2 is 2.00 bits per heavy atom. The standard InChI is InChI=1S/C22H23N7O2/c1-28-12-22(13-28)6-17(7-22)31-16-3-4-18(19(5-16)30-2)29-11-21(26-14-29)27-20-10-24-15(8-23)9-25-20/h3-5,9-11,14,17H,6-7,12-13H2,1-2H3,(H,25,27). The lowest BCUT2D eigenvalue weighted by molar-refractivity contribution is -0.109. The Balaban J connectivity index is 1.26. The molecular formula is C22H23N7O2. The van der Waals surface area contributed by atoms with Crippen molar-refractivity contribution in [1.29, 1.82) is 5.26 Å². The summed E-state index contributed by atoms with van der Waals surface area (Å²) in [6, 6.07) is 7.80. The van der Waals surface area contributed by atoms with E-state index in [1.165, 1.54) is 25.5 Å². The van der Waals surface area contributed by atoms with Crippen molar-refractivity contribution < 1.29 is 9.47 Å². The van der Waals surface area contributed by atoms with Gasteiger partial charge in [0.25, 0.3) is 0 Å². The molecule has 2 aliphatic rings. The highest BCUT2D eigenvalue weighted by atomic mass is 16.5. The first-order valence-electron chi connectivity index (χ1n) is 10.1. The lowest BCUT2D eigenvalue weighted by Crippen LogP contribution is -2.63. The molecule has 1 spiro atoms. The first-order chi connectivity index (χ1) is 15.1. The summed E-state index contributed by atoms with van der Waals surface area (Å²) in [5.74, 6) is 2.64.